The fourth-order valence-electron chi connectivity index (χ4n) is 3.75. The molecule has 122 valence electrons. The van der Waals surface area contributed by atoms with E-state index < -0.39 is 0 Å². The van der Waals surface area contributed by atoms with Crippen LogP contribution in [-0.2, 0) is 0 Å². The van der Waals surface area contributed by atoms with Gasteiger partial charge in [-0.15, -0.1) is 0 Å². The number of rotatable bonds is 3. The largest absolute Gasteiger partial charge is 0.538 e. The predicted molar refractivity (Wildman–Crippen MR) is 106 cm³/mol. The van der Waals surface area contributed by atoms with E-state index in [4.69, 9.17) is 4.65 Å². The molecule has 1 N–H and O–H groups in total. The zero-order valence-corrected chi connectivity index (χ0v) is 14.4. The molecule has 0 bridgehead atoms. The minimum Gasteiger partial charge on any atom is -0.538 e. The highest BCUT2D eigenvalue weighted by molar-refractivity contribution is 6.21. The Hall–Kier alpha value is -2.78. The Bertz CT molecular complexity index is 1070. The normalized spacial score (nSPS) is 11.0. The molecule has 3 heteroatoms. The highest BCUT2D eigenvalue weighted by Crippen LogP contribution is 2.41. The summed E-state index contributed by atoms with van der Waals surface area (Å²) in [6.07, 6.45) is 0. The van der Waals surface area contributed by atoms with Crippen LogP contribution >= 0.6 is 0 Å². The lowest BCUT2D eigenvalue weighted by atomic mass is 9.89. The maximum absolute atomic E-state index is 9.30. The van der Waals surface area contributed by atoms with Gasteiger partial charge in [-0.05, 0) is 64.4 Å². The van der Waals surface area contributed by atoms with Crippen molar-refractivity contribution in [2.75, 3.05) is 0 Å². The Balaban J connectivity index is 2.20. The third-order valence-corrected chi connectivity index (χ3v) is 4.82. The van der Waals surface area contributed by atoms with Crippen LogP contribution < -0.4 is 4.65 Å². The topological polar surface area (TPSA) is 29.5 Å². The van der Waals surface area contributed by atoms with Crippen molar-refractivity contribution < 1.29 is 9.68 Å². The summed E-state index contributed by atoms with van der Waals surface area (Å²) >= 11 is 0. The second-order valence-corrected chi connectivity index (χ2v) is 6.36. The summed E-state index contributed by atoms with van der Waals surface area (Å²) in [5.74, 6) is 0.712. The SMILES string of the molecule is Cc1cccc(C)c1-c1cc2ccccc2c2c(OBO)cccc12. The van der Waals surface area contributed by atoms with Crippen molar-refractivity contribution in [2.24, 2.45) is 0 Å². The highest BCUT2D eigenvalue weighted by atomic mass is 16.5. The lowest BCUT2D eigenvalue weighted by Gasteiger charge is -2.17. The van der Waals surface area contributed by atoms with Gasteiger partial charge in [0.1, 0.15) is 5.75 Å². The maximum atomic E-state index is 9.30. The summed E-state index contributed by atoms with van der Waals surface area (Å²) in [6, 6.07) is 23.0. The van der Waals surface area contributed by atoms with Crippen molar-refractivity contribution in [2.45, 2.75) is 13.8 Å². The van der Waals surface area contributed by atoms with Gasteiger partial charge in [0.15, 0.2) is 0 Å². The van der Waals surface area contributed by atoms with E-state index in [0.717, 1.165) is 16.2 Å². The van der Waals surface area contributed by atoms with E-state index >= 15 is 0 Å². The maximum Gasteiger partial charge on any atom is 0.504 e. The molecule has 0 aromatic heterocycles. The molecule has 4 aromatic carbocycles. The summed E-state index contributed by atoms with van der Waals surface area (Å²) in [5.41, 5.74) is 4.97. The summed E-state index contributed by atoms with van der Waals surface area (Å²) in [6.45, 7) is 4.30. The summed E-state index contributed by atoms with van der Waals surface area (Å²) in [7, 11) is -0.332. The minimum atomic E-state index is -0.332. The lowest BCUT2D eigenvalue weighted by molar-refractivity contribution is 0.457. The van der Waals surface area contributed by atoms with Gasteiger partial charge in [0, 0.05) is 5.39 Å². The Morgan fingerprint density at radius 3 is 2.24 bits per heavy atom. The monoisotopic (exact) mass is 326 g/mol. The van der Waals surface area contributed by atoms with Gasteiger partial charge in [0.2, 0.25) is 0 Å². The molecule has 0 heterocycles. The Morgan fingerprint density at radius 2 is 1.48 bits per heavy atom. The molecule has 4 rings (SSSR count). The van der Waals surface area contributed by atoms with Gasteiger partial charge in [-0.2, -0.15) is 0 Å². The quantitative estimate of drug-likeness (QED) is 0.428. The van der Waals surface area contributed by atoms with Crippen LogP contribution in [0, 0.1) is 13.8 Å². The van der Waals surface area contributed by atoms with Crippen LogP contribution in [0.2, 0.25) is 0 Å². The number of benzene rings is 4. The molecule has 0 unspecified atom stereocenters. The van der Waals surface area contributed by atoms with Gasteiger partial charge in [0.05, 0.1) is 0 Å². The average molecular weight is 326 g/mol. The molecule has 0 aliphatic heterocycles. The van der Waals surface area contributed by atoms with Crippen molar-refractivity contribution in [1.82, 2.24) is 0 Å². The lowest BCUT2D eigenvalue weighted by Crippen LogP contribution is -2.01. The molecule has 0 saturated heterocycles. The molecule has 0 atom stereocenters. The standard InChI is InChI=1S/C22H19BO2/c1-14-7-5-8-15(2)21(14)19-13-16-9-3-4-10-17(16)22-18(19)11-6-12-20(22)25-23-24/h3-13,23-24H,1-2H3. The zero-order chi connectivity index (χ0) is 17.4. The molecule has 0 aliphatic carbocycles. The van der Waals surface area contributed by atoms with Crippen molar-refractivity contribution in [3.63, 3.8) is 0 Å². The van der Waals surface area contributed by atoms with Crippen LogP contribution in [0.4, 0.5) is 0 Å². The van der Waals surface area contributed by atoms with Crippen molar-refractivity contribution in [1.29, 1.82) is 0 Å². The van der Waals surface area contributed by atoms with Crippen LogP contribution in [0.3, 0.4) is 0 Å². The van der Waals surface area contributed by atoms with Crippen molar-refractivity contribution in [3.8, 4) is 16.9 Å². The molecule has 0 aliphatic rings. The molecule has 0 radical (unpaired) electrons. The second kappa shape index (κ2) is 6.27. The van der Waals surface area contributed by atoms with E-state index in [1.807, 2.05) is 18.2 Å². The van der Waals surface area contributed by atoms with Gasteiger partial charge in [-0.3, -0.25) is 0 Å². The third kappa shape index (κ3) is 2.57. The molecule has 0 amide bonds. The van der Waals surface area contributed by atoms with E-state index in [-0.39, 0.29) is 7.69 Å². The number of fused-ring (bicyclic) bond motifs is 3. The van der Waals surface area contributed by atoms with Crippen LogP contribution in [0.1, 0.15) is 11.1 Å². The van der Waals surface area contributed by atoms with Crippen LogP contribution in [0.5, 0.6) is 5.75 Å². The predicted octanol–water partition coefficient (Wildman–Crippen LogP) is 4.91. The Morgan fingerprint density at radius 1 is 0.800 bits per heavy atom. The second-order valence-electron chi connectivity index (χ2n) is 6.36. The minimum absolute atomic E-state index is 0.332. The Kier molecular flexibility index (Phi) is 3.94. The van der Waals surface area contributed by atoms with Crippen LogP contribution in [0.25, 0.3) is 32.7 Å². The van der Waals surface area contributed by atoms with Gasteiger partial charge in [0.25, 0.3) is 0 Å². The summed E-state index contributed by atoms with van der Waals surface area (Å²) in [5, 5.41) is 13.8. The first-order valence-electron chi connectivity index (χ1n) is 8.45. The molecule has 4 aromatic rings. The first kappa shape index (κ1) is 15.7. The summed E-state index contributed by atoms with van der Waals surface area (Å²) < 4.78 is 5.53. The fourth-order valence-corrected chi connectivity index (χ4v) is 3.75. The van der Waals surface area contributed by atoms with Crippen molar-refractivity contribution in [3.05, 3.63) is 77.9 Å². The van der Waals surface area contributed by atoms with Gasteiger partial charge in [-0.1, -0.05) is 54.6 Å². The van der Waals surface area contributed by atoms with Gasteiger partial charge < -0.3 is 9.68 Å². The molecule has 2 nitrogen and oxygen atoms in total. The van der Waals surface area contributed by atoms with E-state index in [1.165, 1.54) is 27.6 Å². The van der Waals surface area contributed by atoms with E-state index in [2.05, 4.69) is 62.4 Å². The molecular formula is C22H19BO2. The first-order chi connectivity index (χ1) is 12.2. The molecule has 0 fully saturated rings. The average Bonchev–Trinajstić information content (AvgIpc) is 2.62. The molecule has 0 spiro atoms. The van der Waals surface area contributed by atoms with Gasteiger partial charge >= 0.3 is 7.69 Å². The van der Waals surface area contributed by atoms with Crippen LogP contribution in [0.15, 0.2) is 66.7 Å². The Labute approximate surface area is 148 Å². The smallest absolute Gasteiger partial charge is 0.504 e. The molecule has 25 heavy (non-hydrogen) atoms. The molecular weight excluding hydrogens is 307 g/mol. The number of hydrogen-bond donors (Lipinski definition) is 1. The highest BCUT2D eigenvalue weighted by Gasteiger charge is 2.14. The van der Waals surface area contributed by atoms with E-state index in [9.17, 15) is 5.02 Å². The van der Waals surface area contributed by atoms with Crippen LogP contribution in [-0.4, -0.2) is 12.7 Å². The molecule has 0 saturated carbocycles. The van der Waals surface area contributed by atoms with Crippen molar-refractivity contribution >= 4 is 29.2 Å². The zero-order valence-electron chi connectivity index (χ0n) is 14.4. The van der Waals surface area contributed by atoms with E-state index in [1.54, 1.807) is 0 Å². The third-order valence-electron chi connectivity index (χ3n) is 4.82. The first-order valence-corrected chi connectivity index (χ1v) is 8.45. The van der Waals surface area contributed by atoms with Gasteiger partial charge in [-0.25, -0.2) is 0 Å². The van der Waals surface area contributed by atoms with E-state index in [0.29, 0.717) is 5.75 Å². The number of hydrogen-bond acceptors (Lipinski definition) is 2. The fraction of sp³-hybridized carbons (Fsp3) is 0.0909. The number of aryl methyl sites for hydroxylation is 2. The summed E-state index contributed by atoms with van der Waals surface area (Å²) in [4.78, 5) is 0.